The summed E-state index contributed by atoms with van der Waals surface area (Å²) in [4.78, 5) is 18.1. The molecule has 0 fully saturated rings. The minimum Gasteiger partial charge on any atom is -0.395 e. The Hall–Kier alpha value is -2.66. The van der Waals surface area contributed by atoms with Gasteiger partial charge in [-0.25, -0.2) is 4.98 Å². The van der Waals surface area contributed by atoms with E-state index in [1.165, 1.54) is 5.57 Å². The lowest BCUT2D eigenvalue weighted by atomic mass is 9.75. The second-order valence-corrected chi connectivity index (χ2v) is 9.40. The number of aldehydes is 1. The highest BCUT2D eigenvalue weighted by molar-refractivity contribution is 5.82. The van der Waals surface area contributed by atoms with Crippen molar-refractivity contribution in [3.63, 3.8) is 0 Å². The van der Waals surface area contributed by atoms with Gasteiger partial charge in [0.1, 0.15) is 12.1 Å². The largest absolute Gasteiger partial charge is 0.395 e. The van der Waals surface area contributed by atoms with E-state index in [4.69, 9.17) is 4.98 Å². The van der Waals surface area contributed by atoms with Crippen LogP contribution in [0, 0.1) is 5.41 Å². The molecule has 1 N–H and O–H groups in total. The van der Waals surface area contributed by atoms with Crippen molar-refractivity contribution in [2.75, 3.05) is 24.6 Å². The number of aliphatic hydroxyl groups excluding tert-OH is 1. The number of allylic oxidation sites excluding steroid dienone is 5. The van der Waals surface area contributed by atoms with Crippen molar-refractivity contribution in [3.05, 3.63) is 53.4 Å². The second kappa shape index (κ2) is 10.8. The number of hydrogen-bond donors (Lipinski definition) is 1. The van der Waals surface area contributed by atoms with Gasteiger partial charge in [0.05, 0.1) is 17.6 Å². The van der Waals surface area contributed by atoms with Crippen molar-refractivity contribution in [2.45, 2.75) is 59.9 Å². The average molecular weight is 436 g/mol. The number of anilines is 1. The van der Waals surface area contributed by atoms with E-state index in [2.05, 4.69) is 73.6 Å². The first-order valence-electron chi connectivity index (χ1n) is 11.8. The van der Waals surface area contributed by atoms with Crippen LogP contribution < -0.4 is 4.90 Å². The molecule has 3 rings (SSSR count). The smallest absolute Gasteiger partial charge is 0.143 e. The van der Waals surface area contributed by atoms with Crippen molar-refractivity contribution < 1.29 is 9.90 Å². The first-order valence-corrected chi connectivity index (χ1v) is 11.8. The molecule has 1 aromatic carbocycles. The Morgan fingerprint density at radius 2 is 2.03 bits per heavy atom. The Kier molecular flexibility index (Phi) is 8.08. The lowest BCUT2D eigenvalue weighted by Crippen LogP contribution is -2.26. The summed E-state index contributed by atoms with van der Waals surface area (Å²) in [5.74, 6) is 0.959. The summed E-state index contributed by atoms with van der Waals surface area (Å²) in [7, 11) is 0. The van der Waals surface area contributed by atoms with Crippen molar-refractivity contribution in [1.82, 2.24) is 9.55 Å². The number of unbranched alkanes of at least 4 members (excludes halogenated alkanes) is 1. The number of likely N-dealkylation sites (N-methyl/N-ethyl adjacent to an activating group) is 1. The molecule has 1 heterocycles. The third kappa shape index (κ3) is 5.77. The highest BCUT2D eigenvalue weighted by Crippen LogP contribution is 2.38. The molecule has 32 heavy (non-hydrogen) atoms. The standard InChI is InChI=1S/C27H37N3O2/c1-5-7-13-30-25-18-23(29(6-2)14-16-32)9-10-24(25)28-26(30)11-8-21-17-22(12-15-31)20-27(3,4)19-21/h8-12,15,17-18,32H,5-7,13-14,16,19-20H2,1-4H3/b11-8+,22-12-. The first kappa shape index (κ1) is 24.0. The third-order valence-electron chi connectivity index (χ3n) is 6.08. The first-order chi connectivity index (χ1) is 15.4. The molecule has 1 aromatic heterocycles. The summed E-state index contributed by atoms with van der Waals surface area (Å²) in [6.45, 7) is 11.3. The Balaban J connectivity index is 1.99. The number of aryl methyl sites for hydroxylation is 1. The van der Waals surface area contributed by atoms with Crippen molar-refractivity contribution in [1.29, 1.82) is 0 Å². The number of rotatable bonds is 10. The second-order valence-electron chi connectivity index (χ2n) is 9.40. The molecular weight excluding hydrogens is 398 g/mol. The molecule has 5 heteroatoms. The normalized spacial score (nSPS) is 17.3. The van der Waals surface area contributed by atoms with Crippen molar-refractivity contribution in [3.8, 4) is 0 Å². The van der Waals surface area contributed by atoms with Gasteiger partial charge in [0.15, 0.2) is 0 Å². The van der Waals surface area contributed by atoms with Crippen LogP contribution in [0.2, 0.25) is 0 Å². The van der Waals surface area contributed by atoms with Crippen LogP contribution in [-0.4, -0.2) is 40.6 Å². The predicted octanol–water partition coefficient (Wildman–Crippen LogP) is 5.54. The summed E-state index contributed by atoms with van der Waals surface area (Å²) < 4.78 is 2.31. The van der Waals surface area contributed by atoms with E-state index in [9.17, 15) is 9.90 Å². The van der Waals surface area contributed by atoms with Gasteiger partial charge in [0.25, 0.3) is 0 Å². The number of carbonyl (C=O) groups excluding carboxylic acids is 1. The van der Waals surface area contributed by atoms with Crippen LogP contribution in [0.4, 0.5) is 5.69 Å². The molecule has 1 aliphatic rings. The zero-order valence-electron chi connectivity index (χ0n) is 20.0. The quantitative estimate of drug-likeness (QED) is 0.393. The van der Waals surface area contributed by atoms with Gasteiger partial charge in [0, 0.05) is 25.3 Å². The number of fused-ring (bicyclic) bond motifs is 1. The molecule has 0 saturated carbocycles. The molecule has 0 radical (unpaired) electrons. The van der Waals surface area contributed by atoms with E-state index in [1.807, 2.05) is 0 Å². The van der Waals surface area contributed by atoms with Crippen molar-refractivity contribution >= 4 is 29.1 Å². The Bertz CT molecular complexity index is 1030. The number of carbonyl (C=O) groups is 1. The third-order valence-corrected chi connectivity index (χ3v) is 6.08. The fraction of sp³-hybridized carbons (Fsp3) is 0.481. The van der Waals surface area contributed by atoms with Crippen LogP contribution in [-0.2, 0) is 11.3 Å². The van der Waals surface area contributed by atoms with Crippen molar-refractivity contribution in [2.24, 2.45) is 5.41 Å². The number of benzene rings is 1. The molecule has 0 unspecified atom stereocenters. The molecular formula is C27H37N3O2. The van der Waals surface area contributed by atoms with Crippen LogP contribution in [0.15, 0.2) is 47.6 Å². The summed E-state index contributed by atoms with van der Waals surface area (Å²) in [5, 5.41) is 9.40. The van der Waals surface area contributed by atoms with Crippen LogP contribution in [0.1, 0.15) is 59.2 Å². The van der Waals surface area contributed by atoms with Crippen LogP contribution in [0.25, 0.3) is 17.1 Å². The minimum atomic E-state index is 0.136. The molecule has 0 atom stereocenters. The van der Waals surface area contributed by atoms with Gasteiger partial charge in [-0.15, -0.1) is 0 Å². The number of aliphatic hydroxyl groups is 1. The van der Waals surface area contributed by atoms with Gasteiger partial charge in [-0.3, -0.25) is 4.79 Å². The molecule has 0 spiro atoms. The molecule has 0 amide bonds. The van der Waals surface area contributed by atoms with Gasteiger partial charge in [-0.05, 0) is 73.1 Å². The Labute approximate surface area is 192 Å². The maximum atomic E-state index is 11.0. The number of aromatic nitrogens is 2. The highest BCUT2D eigenvalue weighted by Gasteiger charge is 2.24. The molecule has 5 nitrogen and oxygen atoms in total. The van der Waals surface area contributed by atoms with Gasteiger partial charge >= 0.3 is 0 Å². The van der Waals surface area contributed by atoms with Gasteiger partial charge in [-0.2, -0.15) is 0 Å². The summed E-state index contributed by atoms with van der Waals surface area (Å²) in [6, 6.07) is 6.37. The topological polar surface area (TPSA) is 58.4 Å². The van der Waals surface area contributed by atoms with Gasteiger partial charge in [0.2, 0.25) is 0 Å². The Morgan fingerprint density at radius 1 is 1.22 bits per heavy atom. The molecule has 0 saturated heterocycles. The number of imidazole rings is 1. The minimum absolute atomic E-state index is 0.136. The van der Waals surface area contributed by atoms with E-state index in [0.29, 0.717) is 6.54 Å². The van der Waals surface area contributed by atoms with E-state index in [-0.39, 0.29) is 12.0 Å². The zero-order valence-corrected chi connectivity index (χ0v) is 20.0. The fourth-order valence-corrected chi connectivity index (χ4v) is 4.59. The van der Waals surface area contributed by atoms with Crippen LogP contribution >= 0.6 is 0 Å². The molecule has 1 aliphatic carbocycles. The average Bonchev–Trinajstić information content (AvgIpc) is 3.10. The van der Waals surface area contributed by atoms with E-state index < -0.39 is 0 Å². The van der Waals surface area contributed by atoms with E-state index in [0.717, 1.165) is 73.2 Å². The Morgan fingerprint density at radius 3 is 2.72 bits per heavy atom. The molecule has 2 aromatic rings. The zero-order chi connectivity index (χ0) is 23.1. The summed E-state index contributed by atoms with van der Waals surface area (Å²) >= 11 is 0. The lowest BCUT2D eigenvalue weighted by Gasteiger charge is -2.30. The SMILES string of the molecule is CCCCn1c(/C=C/C2=CC(=C/C=O)/CC(C)(C)C2)nc2ccc(N(CC)CCO)cc21. The molecule has 172 valence electrons. The van der Waals surface area contributed by atoms with E-state index >= 15 is 0 Å². The predicted molar refractivity (Wildman–Crippen MR) is 134 cm³/mol. The lowest BCUT2D eigenvalue weighted by molar-refractivity contribution is -0.104. The van der Waals surface area contributed by atoms with Gasteiger partial charge in [-0.1, -0.05) is 39.3 Å². The number of hydrogen-bond acceptors (Lipinski definition) is 4. The van der Waals surface area contributed by atoms with Crippen LogP contribution in [0.3, 0.4) is 0 Å². The van der Waals surface area contributed by atoms with E-state index in [1.54, 1.807) is 6.08 Å². The maximum absolute atomic E-state index is 11.0. The molecule has 0 aliphatic heterocycles. The molecule has 0 bridgehead atoms. The van der Waals surface area contributed by atoms with Crippen LogP contribution in [0.5, 0.6) is 0 Å². The number of nitrogens with zero attached hydrogens (tertiary/aromatic N) is 3. The maximum Gasteiger partial charge on any atom is 0.143 e. The summed E-state index contributed by atoms with van der Waals surface area (Å²) in [6.07, 6.45) is 13.1. The summed E-state index contributed by atoms with van der Waals surface area (Å²) in [5.41, 5.74) is 5.68. The van der Waals surface area contributed by atoms with Gasteiger partial charge < -0.3 is 14.6 Å². The fourth-order valence-electron chi connectivity index (χ4n) is 4.59. The monoisotopic (exact) mass is 435 g/mol. The highest BCUT2D eigenvalue weighted by atomic mass is 16.3.